The van der Waals surface area contributed by atoms with E-state index in [0.29, 0.717) is 4.86 Å². The molecule has 1 radical (unpaired) electrons. The molecule has 69 valence electrons. The van der Waals surface area contributed by atoms with Crippen LogP contribution in [0.1, 0.15) is 5.56 Å². The van der Waals surface area contributed by atoms with Crippen molar-refractivity contribution in [3.05, 3.63) is 54.1 Å². The largest absolute Gasteiger partial charge is 0.383 e. The van der Waals surface area contributed by atoms with Gasteiger partial charge in [0.15, 0.2) is 0 Å². The zero-order chi connectivity index (χ0) is 9.97. The summed E-state index contributed by atoms with van der Waals surface area (Å²) < 4.78 is 0. The Labute approximate surface area is 88.4 Å². The quantitative estimate of drug-likeness (QED) is 0.703. The molecule has 1 atom stereocenters. The summed E-state index contributed by atoms with van der Waals surface area (Å²) in [5.41, 5.74) is 2.04. The first-order valence-electron chi connectivity index (χ1n) is 4.36. The van der Waals surface area contributed by atoms with Crippen LogP contribution in [0.3, 0.4) is 0 Å². The molecule has 0 heterocycles. The van der Waals surface area contributed by atoms with Gasteiger partial charge in [0.25, 0.3) is 0 Å². The maximum atomic E-state index is 9.51. The molecule has 1 aliphatic carbocycles. The predicted molar refractivity (Wildman–Crippen MR) is 60.8 cm³/mol. The van der Waals surface area contributed by atoms with E-state index in [1.165, 1.54) is 0 Å². The van der Waals surface area contributed by atoms with Crippen molar-refractivity contribution in [3.63, 3.8) is 0 Å². The van der Waals surface area contributed by atoms with Crippen LogP contribution in [0.5, 0.6) is 0 Å². The van der Waals surface area contributed by atoms with Gasteiger partial charge in [-0.15, -0.1) is 0 Å². The average Bonchev–Trinajstić information content (AvgIpc) is 2.23. The highest BCUT2D eigenvalue weighted by Crippen LogP contribution is 2.19. The number of hydrogen-bond donors (Lipinski definition) is 1. The number of allylic oxidation sites excluding steroid dienone is 2. The Morgan fingerprint density at radius 2 is 1.93 bits per heavy atom. The van der Waals surface area contributed by atoms with Crippen LogP contribution in [0.2, 0.25) is 0 Å². The van der Waals surface area contributed by atoms with Gasteiger partial charge in [-0.05, 0) is 23.3 Å². The van der Waals surface area contributed by atoms with Gasteiger partial charge in [-0.25, -0.2) is 0 Å². The van der Waals surface area contributed by atoms with Crippen LogP contribution in [0, 0.1) is 6.08 Å². The molecule has 0 fully saturated rings. The van der Waals surface area contributed by atoms with Crippen LogP contribution >= 0.6 is 12.2 Å². The van der Waals surface area contributed by atoms with Crippen LogP contribution in [-0.2, 0) is 0 Å². The summed E-state index contributed by atoms with van der Waals surface area (Å²) in [4.78, 5) is 0.449. The molecular formula is C12H9OS. The van der Waals surface area contributed by atoms with E-state index in [0.717, 1.165) is 11.1 Å². The van der Waals surface area contributed by atoms with Crippen molar-refractivity contribution in [1.82, 2.24) is 0 Å². The molecule has 0 aromatic heterocycles. The van der Waals surface area contributed by atoms with Crippen molar-refractivity contribution in [3.8, 4) is 0 Å². The second-order valence-corrected chi connectivity index (χ2v) is 3.53. The Bertz CT molecular complexity index is 404. The van der Waals surface area contributed by atoms with Crippen molar-refractivity contribution in [1.29, 1.82) is 0 Å². The third-order valence-corrected chi connectivity index (χ3v) is 2.44. The first kappa shape index (κ1) is 9.31. The number of hydrogen-bond acceptors (Lipinski definition) is 2. The lowest BCUT2D eigenvalue weighted by atomic mass is 9.98. The first-order chi connectivity index (χ1) is 6.77. The van der Waals surface area contributed by atoms with Crippen LogP contribution in [0.4, 0.5) is 0 Å². The highest BCUT2D eigenvalue weighted by Gasteiger charge is 2.11. The van der Waals surface area contributed by atoms with Gasteiger partial charge >= 0.3 is 0 Å². The minimum absolute atomic E-state index is 0.449. The maximum Gasteiger partial charge on any atom is 0.109 e. The van der Waals surface area contributed by atoms with E-state index in [1.54, 1.807) is 6.08 Å². The topological polar surface area (TPSA) is 20.2 Å². The standard InChI is InChI=1S/C12H9OS/c13-11-8-10(6-7-12(11)14)9-4-2-1-3-5-9/h1-6,8,11,13H. The summed E-state index contributed by atoms with van der Waals surface area (Å²) >= 11 is 4.89. The fraction of sp³-hybridized carbons (Fsp3) is 0.0833. The third kappa shape index (κ3) is 1.81. The number of thiocarbonyl (C=S) groups is 1. The molecule has 1 unspecified atom stereocenters. The second kappa shape index (κ2) is 3.86. The fourth-order valence-corrected chi connectivity index (χ4v) is 1.47. The molecule has 2 heteroatoms. The number of rotatable bonds is 1. The highest BCUT2D eigenvalue weighted by atomic mass is 32.1. The van der Waals surface area contributed by atoms with E-state index in [4.69, 9.17) is 12.2 Å². The lowest BCUT2D eigenvalue weighted by Crippen LogP contribution is -2.16. The van der Waals surface area contributed by atoms with E-state index in [9.17, 15) is 5.11 Å². The van der Waals surface area contributed by atoms with E-state index >= 15 is 0 Å². The lowest BCUT2D eigenvalue weighted by Gasteiger charge is -2.12. The lowest BCUT2D eigenvalue weighted by molar-refractivity contribution is 0.292. The van der Waals surface area contributed by atoms with Crippen LogP contribution in [-0.4, -0.2) is 16.1 Å². The van der Waals surface area contributed by atoms with Gasteiger partial charge in [0, 0.05) is 6.08 Å². The summed E-state index contributed by atoms with van der Waals surface area (Å²) in [6.45, 7) is 0. The second-order valence-electron chi connectivity index (χ2n) is 3.09. The Morgan fingerprint density at radius 1 is 1.21 bits per heavy atom. The van der Waals surface area contributed by atoms with Crippen LogP contribution in [0.25, 0.3) is 5.57 Å². The smallest absolute Gasteiger partial charge is 0.109 e. The van der Waals surface area contributed by atoms with Gasteiger partial charge in [-0.1, -0.05) is 42.5 Å². The molecular weight excluding hydrogens is 192 g/mol. The third-order valence-electron chi connectivity index (χ3n) is 2.08. The Hall–Kier alpha value is -1.25. The van der Waals surface area contributed by atoms with Crippen molar-refractivity contribution in [2.45, 2.75) is 6.10 Å². The summed E-state index contributed by atoms with van der Waals surface area (Å²) in [7, 11) is 0. The first-order valence-corrected chi connectivity index (χ1v) is 4.77. The van der Waals surface area contributed by atoms with E-state index < -0.39 is 6.10 Å². The molecule has 0 spiro atoms. The zero-order valence-corrected chi connectivity index (χ0v) is 8.29. The Morgan fingerprint density at radius 3 is 2.57 bits per heavy atom. The Balaban J connectivity index is 2.34. The van der Waals surface area contributed by atoms with E-state index in [-0.39, 0.29) is 0 Å². The summed E-state index contributed by atoms with van der Waals surface area (Å²) in [5.74, 6) is 0. The summed E-state index contributed by atoms with van der Waals surface area (Å²) in [5, 5.41) is 9.51. The molecule has 0 bridgehead atoms. The molecule has 1 aliphatic rings. The molecule has 0 amide bonds. The Kier molecular flexibility index (Phi) is 2.57. The minimum atomic E-state index is -0.676. The van der Waals surface area contributed by atoms with Gasteiger partial charge < -0.3 is 5.11 Å². The molecule has 14 heavy (non-hydrogen) atoms. The van der Waals surface area contributed by atoms with Gasteiger partial charge in [-0.2, -0.15) is 0 Å². The minimum Gasteiger partial charge on any atom is -0.383 e. The number of benzene rings is 1. The van der Waals surface area contributed by atoms with Crippen molar-refractivity contribution in [2.24, 2.45) is 0 Å². The molecule has 0 saturated carbocycles. The molecule has 1 aromatic rings. The molecule has 0 aliphatic heterocycles. The van der Waals surface area contributed by atoms with Gasteiger partial charge in [-0.3, -0.25) is 0 Å². The van der Waals surface area contributed by atoms with Crippen molar-refractivity contribution >= 4 is 22.7 Å². The number of aliphatic hydroxyl groups is 1. The maximum absolute atomic E-state index is 9.51. The van der Waals surface area contributed by atoms with E-state index in [1.807, 2.05) is 36.4 Å². The summed E-state index contributed by atoms with van der Waals surface area (Å²) in [6, 6.07) is 9.87. The average molecular weight is 201 g/mol. The van der Waals surface area contributed by atoms with Gasteiger partial charge in [0.05, 0.1) is 4.86 Å². The van der Waals surface area contributed by atoms with Crippen molar-refractivity contribution in [2.75, 3.05) is 0 Å². The zero-order valence-electron chi connectivity index (χ0n) is 7.47. The van der Waals surface area contributed by atoms with Gasteiger partial charge in [0.1, 0.15) is 6.10 Å². The molecule has 0 saturated heterocycles. The van der Waals surface area contributed by atoms with Gasteiger partial charge in [0.2, 0.25) is 0 Å². The SMILES string of the molecule is OC1C=C(c2ccccc2)C=[C]C1=S. The van der Waals surface area contributed by atoms with Crippen LogP contribution < -0.4 is 0 Å². The van der Waals surface area contributed by atoms with Crippen LogP contribution in [0.15, 0.2) is 42.5 Å². The molecule has 1 N–H and O–H groups in total. The highest BCUT2D eigenvalue weighted by molar-refractivity contribution is 7.80. The molecule has 1 aromatic carbocycles. The van der Waals surface area contributed by atoms with Crippen molar-refractivity contribution < 1.29 is 5.11 Å². The molecule has 2 rings (SSSR count). The summed E-state index contributed by atoms with van der Waals surface area (Å²) in [6.07, 6.45) is 5.75. The number of aliphatic hydroxyl groups excluding tert-OH is 1. The fourth-order valence-electron chi connectivity index (χ4n) is 1.34. The molecule has 1 nitrogen and oxygen atoms in total. The predicted octanol–water partition coefficient (Wildman–Crippen LogP) is 2.17. The van der Waals surface area contributed by atoms with E-state index in [2.05, 4.69) is 6.08 Å². The normalized spacial score (nSPS) is 20.8. The monoisotopic (exact) mass is 201 g/mol.